The van der Waals surface area contributed by atoms with Gasteiger partial charge in [-0.15, -0.1) is 0 Å². The smallest absolute Gasteiger partial charge is 0.362 e. The second kappa shape index (κ2) is 9.97. The van der Waals surface area contributed by atoms with Crippen molar-refractivity contribution in [1.82, 2.24) is 0 Å². The maximum atomic E-state index is 11.7. The SMILES string of the molecule is CC(C)(C)c1cc(B(O)c2ccccc2)c2c(c1)C(C)(C)c1cc(C(C)(C)C)cc(B(O)c3ccccc3)c1O2. The predicted molar refractivity (Wildman–Crippen MR) is 170 cm³/mol. The molecule has 1 aliphatic rings. The third kappa shape index (κ3) is 5.02. The summed E-state index contributed by atoms with van der Waals surface area (Å²) >= 11 is 0. The minimum absolute atomic E-state index is 0.127. The predicted octanol–water partition coefficient (Wildman–Crippen LogP) is 4.91. The first-order chi connectivity index (χ1) is 18.7. The van der Waals surface area contributed by atoms with E-state index in [9.17, 15) is 10.0 Å². The molecule has 0 saturated carbocycles. The van der Waals surface area contributed by atoms with Crippen molar-refractivity contribution in [2.24, 2.45) is 0 Å². The van der Waals surface area contributed by atoms with Crippen molar-refractivity contribution in [2.75, 3.05) is 0 Å². The number of ether oxygens (including phenoxy) is 1. The molecular weight excluding hydrogens is 490 g/mol. The molecule has 204 valence electrons. The van der Waals surface area contributed by atoms with Gasteiger partial charge in [0.25, 0.3) is 0 Å². The number of fused-ring (bicyclic) bond motifs is 2. The van der Waals surface area contributed by atoms with Gasteiger partial charge >= 0.3 is 13.8 Å². The zero-order valence-corrected chi connectivity index (χ0v) is 25.0. The summed E-state index contributed by atoms with van der Waals surface area (Å²) in [7, 11) is 0. The van der Waals surface area contributed by atoms with Crippen LogP contribution in [0.3, 0.4) is 0 Å². The average molecular weight is 530 g/mol. The van der Waals surface area contributed by atoms with Crippen LogP contribution in [-0.2, 0) is 16.2 Å². The summed E-state index contributed by atoms with van der Waals surface area (Å²) in [6.07, 6.45) is 0. The van der Waals surface area contributed by atoms with Crippen LogP contribution in [0.1, 0.15) is 77.6 Å². The molecule has 5 rings (SSSR count). The number of hydrogen-bond donors (Lipinski definition) is 2. The van der Waals surface area contributed by atoms with Gasteiger partial charge in [0.15, 0.2) is 0 Å². The second-order valence-corrected chi connectivity index (χ2v) is 13.7. The van der Waals surface area contributed by atoms with Gasteiger partial charge in [-0.2, -0.15) is 0 Å². The lowest BCUT2D eigenvalue weighted by Gasteiger charge is -2.39. The zero-order chi connectivity index (χ0) is 29.0. The first-order valence-corrected chi connectivity index (χ1v) is 14.2. The number of hydrogen-bond acceptors (Lipinski definition) is 3. The molecule has 0 spiro atoms. The molecule has 0 bridgehead atoms. The van der Waals surface area contributed by atoms with Gasteiger partial charge in [0, 0.05) is 16.5 Å². The first kappa shape index (κ1) is 28.3. The van der Waals surface area contributed by atoms with Crippen LogP contribution >= 0.6 is 0 Å². The Morgan fingerprint density at radius 3 is 1.25 bits per heavy atom. The molecule has 4 aromatic rings. The van der Waals surface area contributed by atoms with Crippen molar-refractivity contribution >= 4 is 35.7 Å². The van der Waals surface area contributed by atoms with Crippen LogP contribution < -0.4 is 26.6 Å². The highest BCUT2D eigenvalue weighted by Crippen LogP contribution is 2.48. The lowest BCUT2D eigenvalue weighted by molar-refractivity contribution is 0.419. The van der Waals surface area contributed by atoms with Gasteiger partial charge in [-0.05, 0) is 43.8 Å². The molecule has 3 nitrogen and oxygen atoms in total. The molecular formula is C35H40B2O3. The topological polar surface area (TPSA) is 49.7 Å². The van der Waals surface area contributed by atoms with Crippen LogP contribution in [0.15, 0.2) is 84.9 Å². The van der Waals surface area contributed by atoms with E-state index in [0.29, 0.717) is 11.5 Å². The van der Waals surface area contributed by atoms with E-state index in [1.54, 1.807) is 0 Å². The maximum absolute atomic E-state index is 11.7. The Kier molecular flexibility index (Phi) is 7.05. The second-order valence-electron chi connectivity index (χ2n) is 13.7. The van der Waals surface area contributed by atoms with E-state index in [0.717, 1.165) is 44.1 Å². The Bertz CT molecular complexity index is 1420. The van der Waals surface area contributed by atoms with E-state index in [1.807, 2.05) is 60.7 Å². The fourth-order valence-electron chi connectivity index (χ4n) is 5.61. The highest BCUT2D eigenvalue weighted by molar-refractivity contribution is 6.80. The van der Waals surface area contributed by atoms with E-state index >= 15 is 0 Å². The Hall–Kier alpha value is -3.27. The van der Waals surface area contributed by atoms with Crippen molar-refractivity contribution in [2.45, 2.75) is 71.6 Å². The lowest BCUT2D eigenvalue weighted by Crippen LogP contribution is -2.47. The fraction of sp³-hybridized carbons (Fsp3) is 0.314. The van der Waals surface area contributed by atoms with E-state index in [2.05, 4.69) is 79.7 Å². The van der Waals surface area contributed by atoms with Gasteiger partial charge in [0.05, 0.1) is 0 Å². The van der Waals surface area contributed by atoms with Crippen molar-refractivity contribution < 1.29 is 14.8 Å². The molecule has 0 saturated heterocycles. The van der Waals surface area contributed by atoms with E-state index < -0.39 is 19.2 Å². The monoisotopic (exact) mass is 530 g/mol. The van der Waals surface area contributed by atoms with Gasteiger partial charge in [-0.1, -0.05) is 140 Å². The normalized spacial score (nSPS) is 14.2. The molecule has 0 aliphatic carbocycles. The minimum atomic E-state index is -0.856. The van der Waals surface area contributed by atoms with Crippen molar-refractivity contribution in [3.8, 4) is 11.5 Å². The summed E-state index contributed by atoms with van der Waals surface area (Å²) in [5, 5.41) is 23.5. The van der Waals surface area contributed by atoms with E-state index in [4.69, 9.17) is 4.74 Å². The standard InChI is InChI=1S/C35H40B2O3/c1-33(2,3)23-19-27-31(29(21-23)36(38)25-15-11-9-12-16-25)40-32-28(35(27,7)8)20-24(34(4,5)6)22-30(32)37(39)26-17-13-10-14-18-26/h9-22,38-39H,1-8H3. The van der Waals surface area contributed by atoms with Gasteiger partial charge in [0.2, 0.25) is 0 Å². The van der Waals surface area contributed by atoms with Gasteiger partial charge in [-0.3, -0.25) is 0 Å². The summed E-state index contributed by atoms with van der Waals surface area (Å²) in [5.74, 6) is 1.35. The molecule has 4 aromatic carbocycles. The average Bonchev–Trinajstić information content (AvgIpc) is 2.91. The van der Waals surface area contributed by atoms with E-state index in [-0.39, 0.29) is 10.8 Å². The third-order valence-electron chi connectivity index (χ3n) is 8.34. The summed E-state index contributed by atoms with van der Waals surface area (Å²) in [4.78, 5) is 0. The summed E-state index contributed by atoms with van der Waals surface area (Å²) < 4.78 is 6.88. The largest absolute Gasteiger partial charge is 0.458 e. The molecule has 40 heavy (non-hydrogen) atoms. The van der Waals surface area contributed by atoms with Crippen LogP contribution in [0.4, 0.5) is 0 Å². The molecule has 1 heterocycles. The maximum Gasteiger partial charge on any atom is 0.362 e. The lowest BCUT2D eigenvalue weighted by atomic mass is 9.52. The Balaban J connectivity index is 1.80. The van der Waals surface area contributed by atoms with Crippen LogP contribution in [0.2, 0.25) is 0 Å². The highest BCUT2D eigenvalue weighted by Gasteiger charge is 2.42. The van der Waals surface area contributed by atoms with Crippen molar-refractivity contribution in [1.29, 1.82) is 0 Å². The Morgan fingerprint density at radius 1 is 0.575 bits per heavy atom. The molecule has 2 N–H and O–H groups in total. The summed E-state index contributed by atoms with van der Waals surface area (Å²) in [6.45, 7) is 15.9. The molecule has 0 aromatic heterocycles. The highest BCUT2D eigenvalue weighted by atomic mass is 16.5. The molecule has 0 unspecified atom stereocenters. The van der Waals surface area contributed by atoms with Gasteiger partial charge in [-0.25, -0.2) is 0 Å². The van der Waals surface area contributed by atoms with Gasteiger partial charge < -0.3 is 14.8 Å². The van der Waals surface area contributed by atoms with Crippen molar-refractivity contribution in [3.63, 3.8) is 0 Å². The van der Waals surface area contributed by atoms with Crippen molar-refractivity contribution in [3.05, 3.63) is 107 Å². The Labute approximate surface area is 240 Å². The van der Waals surface area contributed by atoms with Gasteiger partial charge in [0.1, 0.15) is 11.5 Å². The molecule has 0 fully saturated rings. The molecule has 0 amide bonds. The first-order valence-electron chi connectivity index (χ1n) is 14.2. The molecule has 0 atom stereocenters. The summed E-state index contributed by atoms with van der Waals surface area (Å²) in [5.41, 5.74) is 6.80. The van der Waals surface area contributed by atoms with Crippen LogP contribution in [0, 0.1) is 0 Å². The van der Waals surface area contributed by atoms with E-state index in [1.165, 1.54) is 0 Å². The van der Waals surface area contributed by atoms with Crippen LogP contribution in [0.5, 0.6) is 11.5 Å². The minimum Gasteiger partial charge on any atom is -0.458 e. The zero-order valence-electron chi connectivity index (χ0n) is 25.0. The van der Waals surface area contributed by atoms with Crippen LogP contribution in [-0.4, -0.2) is 23.9 Å². The fourth-order valence-corrected chi connectivity index (χ4v) is 5.61. The molecule has 1 aliphatic heterocycles. The molecule has 5 heteroatoms. The third-order valence-corrected chi connectivity index (χ3v) is 8.34. The number of rotatable bonds is 4. The van der Waals surface area contributed by atoms with Crippen LogP contribution in [0.25, 0.3) is 0 Å². The Morgan fingerprint density at radius 2 is 0.925 bits per heavy atom. The quantitative estimate of drug-likeness (QED) is 0.369. The number of benzene rings is 4. The summed E-state index contributed by atoms with van der Waals surface area (Å²) in [6, 6.07) is 28.2. The molecule has 0 radical (unpaired) electrons.